The van der Waals surface area contributed by atoms with Crippen molar-refractivity contribution in [3.8, 4) is 5.75 Å². The lowest BCUT2D eigenvalue weighted by Gasteiger charge is -2.34. The maximum atomic E-state index is 12.5. The van der Waals surface area contributed by atoms with Gasteiger partial charge >= 0.3 is 0 Å². The Morgan fingerprint density at radius 2 is 2.24 bits per heavy atom. The van der Waals surface area contributed by atoms with Crippen LogP contribution >= 0.6 is 0 Å². The number of rotatable bonds is 2. The molecule has 0 atom stereocenters. The van der Waals surface area contributed by atoms with Crippen molar-refractivity contribution in [3.05, 3.63) is 29.5 Å². The number of aromatic nitrogens is 1. The molecule has 4 rings (SSSR count). The van der Waals surface area contributed by atoms with E-state index in [1.807, 2.05) is 11.0 Å². The highest BCUT2D eigenvalue weighted by molar-refractivity contribution is 5.87. The summed E-state index contributed by atoms with van der Waals surface area (Å²) in [4.78, 5) is 18.0. The molecule has 0 bridgehead atoms. The van der Waals surface area contributed by atoms with Crippen LogP contribution in [0.25, 0.3) is 10.9 Å². The number of nitrogens with zero attached hydrogens (tertiary/aromatic N) is 1. The number of amides is 1. The van der Waals surface area contributed by atoms with Crippen molar-refractivity contribution < 1.29 is 9.53 Å². The Kier molecular flexibility index (Phi) is 2.91. The molecule has 1 aromatic heterocycles. The van der Waals surface area contributed by atoms with Crippen LogP contribution in [-0.4, -0.2) is 29.4 Å². The summed E-state index contributed by atoms with van der Waals surface area (Å²) in [6, 6.07) is 6.11. The minimum absolute atomic E-state index is 0.284. The minimum Gasteiger partial charge on any atom is -0.497 e. The smallest absolute Gasteiger partial charge is 0.225 e. The summed E-state index contributed by atoms with van der Waals surface area (Å²) in [5, 5.41) is 1.19. The summed E-state index contributed by atoms with van der Waals surface area (Å²) in [7, 11) is 1.69. The molecule has 2 heterocycles. The molecule has 0 saturated heterocycles. The van der Waals surface area contributed by atoms with E-state index in [0.717, 1.165) is 43.6 Å². The molecule has 1 N–H and O–H groups in total. The van der Waals surface area contributed by atoms with Crippen molar-refractivity contribution >= 4 is 16.8 Å². The lowest BCUT2D eigenvalue weighted by atomic mass is 9.84. The summed E-state index contributed by atoms with van der Waals surface area (Å²) in [5.74, 6) is 1.50. The molecule has 1 fully saturated rings. The van der Waals surface area contributed by atoms with Crippen molar-refractivity contribution in [2.45, 2.75) is 32.2 Å². The first kappa shape index (κ1) is 12.7. The number of benzene rings is 1. The van der Waals surface area contributed by atoms with E-state index in [0.29, 0.717) is 5.91 Å². The fourth-order valence-electron chi connectivity index (χ4n) is 3.42. The van der Waals surface area contributed by atoms with Crippen LogP contribution in [0.3, 0.4) is 0 Å². The zero-order valence-electron chi connectivity index (χ0n) is 12.3. The summed E-state index contributed by atoms with van der Waals surface area (Å²) < 4.78 is 5.33. The molecular weight excluding hydrogens is 264 g/mol. The standard InChI is InChI=1S/C17H20N2O2/c1-21-12-5-6-15-13(9-12)14-10-19(8-7-16(14)18-15)17(20)11-3-2-4-11/h5-6,9,11,18H,2-4,7-8,10H2,1H3. The third kappa shape index (κ3) is 2.01. The average Bonchev–Trinajstić information content (AvgIpc) is 2.82. The van der Waals surface area contributed by atoms with Crippen molar-refractivity contribution in [3.63, 3.8) is 0 Å². The topological polar surface area (TPSA) is 45.3 Å². The average molecular weight is 284 g/mol. The predicted octanol–water partition coefficient (Wildman–Crippen LogP) is 2.86. The highest BCUT2D eigenvalue weighted by Crippen LogP contribution is 2.33. The molecule has 0 radical (unpaired) electrons. The van der Waals surface area contributed by atoms with Gasteiger partial charge in [0.25, 0.3) is 0 Å². The Morgan fingerprint density at radius 3 is 2.95 bits per heavy atom. The SMILES string of the molecule is COc1ccc2[nH]c3c(c2c1)CN(C(=O)C1CCC1)CC3. The third-order valence-corrected chi connectivity index (χ3v) is 4.95. The maximum absolute atomic E-state index is 12.5. The second-order valence-electron chi connectivity index (χ2n) is 6.13. The van der Waals surface area contributed by atoms with Crippen LogP contribution in [-0.2, 0) is 17.8 Å². The van der Waals surface area contributed by atoms with Gasteiger partial charge in [-0.05, 0) is 31.0 Å². The fourth-order valence-corrected chi connectivity index (χ4v) is 3.42. The number of carbonyl (C=O) groups is 1. The number of nitrogens with one attached hydrogen (secondary N) is 1. The van der Waals surface area contributed by atoms with Gasteiger partial charge in [-0.15, -0.1) is 0 Å². The summed E-state index contributed by atoms with van der Waals surface area (Å²) in [5.41, 5.74) is 3.68. The van der Waals surface area contributed by atoms with E-state index < -0.39 is 0 Å². The number of carbonyl (C=O) groups excluding carboxylic acids is 1. The summed E-state index contributed by atoms with van der Waals surface area (Å²) in [6.45, 7) is 1.57. The Morgan fingerprint density at radius 1 is 1.38 bits per heavy atom. The van der Waals surface area contributed by atoms with Gasteiger partial charge in [0.15, 0.2) is 0 Å². The van der Waals surface area contributed by atoms with Gasteiger partial charge < -0.3 is 14.6 Å². The molecule has 1 aromatic carbocycles. The molecule has 1 aliphatic heterocycles. The molecule has 4 nitrogen and oxygen atoms in total. The number of hydrogen-bond acceptors (Lipinski definition) is 2. The van der Waals surface area contributed by atoms with Crippen molar-refractivity contribution in [2.75, 3.05) is 13.7 Å². The largest absolute Gasteiger partial charge is 0.497 e. The van der Waals surface area contributed by atoms with Gasteiger partial charge in [-0.25, -0.2) is 0 Å². The zero-order valence-corrected chi connectivity index (χ0v) is 12.3. The van der Waals surface area contributed by atoms with Gasteiger partial charge in [0.2, 0.25) is 5.91 Å². The molecule has 2 aliphatic rings. The molecule has 21 heavy (non-hydrogen) atoms. The molecular formula is C17H20N2O2. The second-order valence-corrected chi connectivity index (χ2v) is 6.13. The van der Waals surface area contributed by atoms with Gasteiger partial charge in [-0.1, -0.05) is 6.42 Å². The van der Waals surface area contributed by atoms with E-state index in [9.17, 15) is 4.79 Å². The van der Waals surface area contributed by atoms with Crippen LogP contribution in [0.2, 0.25) is 0 Å². The van der Waals surface area contributed by atoms with Gasteiger partial charge in [0.05, 0.1) is 7.11 Å². The van der Waals surface area contributed by atoms with Crippen molar-refractivity contribution in [1.29, 1.82) is 0 Å². The van der Waals surface area contributed by atoms with Gasteiger partial charge in [0, 0.05) is 47.6 Å². The molecule has 0 spiro atoms. The number of fused-ring (bicyclic) bond motifs is 3. The van der Waals surface area contributed by atoms with Crippen LogP contribution in [0.4, 0.5) is 0 Å². The van der Waals surface area contributed by atoms with Crippen LogP contribution in [0.1, 0.15) is 30.5 Å². The van der Waals surface area contributed by atoms with Crippen LogP contribution in [0.15, 0.2) is 18.2 Å². The van der Waals surface area contributed by atoms with Crippen LogP contribution in [0, 0.1) is 5.92 Å². The summed E-state index contributed by atoms with van der Waals surface area (Å²) in [6.07, 6.45) is 4.28. The number of aromatic amines is 1. The monoisotopic (exact) mass is 284 g/mol. The van der Waals surface area contributed by atoms with E-state index in [4.69, 9.17) is 4.74 Å². The number of H-pyrrole nitrogens is 1. The van der Waals surface area contributed by atoms with Crippen LogP contribution < -0.4 is 4.74 Å². The number of methoxy groups -OCH3 is 1. The van der Waals surface area contributed by atoms with Crippen LogP contribution in [0.5, 0.6) is 5.75 Å². The first-order chi connectivity index (χ1) is 10.3. The summed E-state index contributed by atoms with van der Waals surface area (Å²) >= 11 is 0. The zero-order chi connectivity index (χ0) is 14.4. The maximum Gasteiger partial charge on any atom is 0.225 e. The fraction of sp³-hybridized carbons (Fsp3) is 0.471. The molecule has 1 saturated carbocycles. The Bertz CT molecular complexity index is 700. The number of ether oxygens (including phenoxy) is 1. The predicted molar refractivity (Wildman–Crippen MR) is 81.3 cm³/mol. The minimum atomic E-state index is 0.284. The molecule has 1 amide bonds. The second kappa shape index (κ2) is 4.79. The highest BCUT2D eigenvalue weighted by atomic mass is 16.5. The highest BCUT2D eigenvalue weighted by Gasteiger charge is 2.32. The first-order valence-corrected chi connectivity index (χ1v) is 7.72. The van der Waals surface area contributed by atoms with Crippen molar-refractivity contribution in [2.24, 2.45) is 5.92 Å². The third-order valence-electron chi connectivity index (χ3n) is 4.95. The van der Waals surface area contributed by atoms with E-state index in [2.05, 4.69) is 17.1 Å². The van der Waals surface area contributed by atoms with Gasteiger partial charge in [-0.2, -0.15) is 0 Å². The first-order valence-electron chi connectivity index (χ1n) is 7.72. The quantitative estimate of drug-likeness (QED) is 0.921. The van der Waals surface area contributed by atoms with Crippen molar-refractivity contribution in [1.82, 2.24) is 9.88 Å². The Hall–Kier alpha value is -1.97. The number of hydrogen-bond donors (Lipinski definition) is 1. The Balaban J connectivity index is 1.68. The van der Waals surface area contributed by atoms with E-state index in [-0.39, 0.29) is 5.92 Å². The van der Waals surface area contributed by atoms with Gasteiger partial charge in [-0.3, -0.25) is 4.79 Å². The molecule has 1 aliphatic carbocycles. The van der Waals surface area contributed by atoms with E-state index in [1.165, 1.54) is 23.1 Å². The van der Waals surface area contributed by atoms with E-state index in [1.54, 1.807) is 7.11 Å². The Labute approximate surface area is 124 Å². The van der Waals surface area contributed by atoms with E-state index >= 15 is 0 Å². The molecule has 0 unspecified atom stereocenters. The van der Waals surface area contributed by atoms with Gasteiger partial charge in [0.1, 0.15) is 5.75 Å². The molecule has 110 valence electrons. The lowest BCUT2D eigenvalue weighted by molar-refractivity contribution is -0.139. The lowest BCUT2D eigenvalue weighted by Crippen LogP contribution is -2.41. The molecule has 4 heteroatoms. The molecule has 2 aromatic rings. The normalized spacial score (nSPS) is 18.4.